The molecular formula is C12H18N2O2. The number of nitrogens with one attached hydrogen (secondary N) is 1. The second-order valence-corrected chi connectivity index (χ2v) is 4.74. The fourth-order valence-electron chi connectivity index (χ4n) is 1.13. The third-order valence-electron chi connectivity index (χ3n) is 2.21. The number of hydrogen-bond acceptors (Lipinski definition) is 3. The van der Waals surface area contributed by atoms with E-state index >= 15 is 0 Å². The zero-order valence-corrected chi connectivity index (χ0v) is 10.4. The first kappa shape index (κ1) is 12.5. The monoisotopic (exact) mass is 222 g/mol. The van der Waals surface area contributed by atoms with Crippen LogP contribution in [0.25, 0.3) is 0 Å². The van der Waals surface area contributed by atoms with E-state index in [9.17, 15) is 4.79 Å². The van der Waals surface area contributed by atoms with E-state index in [1.807, 2.05) is 27.7 Å². The van der Waals surface area contributed by atoms with Crippen LogP contribution in [0.15, 0.2) is 12.3 Å². The predicted molar refractivity (Wildman–Crippen MR) is 63.6 cm³/mol. The van der Waals surface area contributed by atoms with E-state index in [0.29, 0.717) is 11.6 Å². The molecule has 0 aliphatic heterocycles. The van der Waals surface area contributed by atoms with Gasteiger partial charge in [0.1, 0.15) is 11.6 Å². The smallest absolute Gasteiger partial charge is 0.230 e. The molecule has 1 aromatic rings. The molecule has 0 saturated heterocycles. The number of nitrogens with zero attached hydrogens (tertiary/aromatic N) is 1. The minimum atomic E-state index is -0.421. The third-order valence-corrected chi connectivity index (χ3v) is 2.21. The first-order valence-electron chi connectivity index (χ1n) is 5.16. The predicted octanol–water partition coefficient (Wildman–Crippen LogP) is 2.38. The Labute approximate surface area is 96.0 Å². The molecule has 0 unspecified atom stereocenters. The standard InChI is InChI=1S/C12H18N2O2/c1-8-6-10(13-7-9(8)16-5)14-11(15)12(2,3)4/h6-7H,1-5H3,(H,13,14,15). The normalized spacial score (nSPS) is 11.1. The van der Waals surface area contributed by atoms with Crippen molar-refractivity contribution >= 4 is 11.7 Å². The van der Waals surface area contributed by atoms with Gasteiger partial charge in [-0.1, -0.05) is 20.8 Å². The van der Waals surface area contributed by atoms with Crippen LogP contribution in [-0.2, 0) is 4.79 Å². The highest BCUT2D eigenvalue weighted by Crippen LogP contribution is 2.20. The first-order chi connectivity index (χ1) is 7.34. The van der Waals surface area contributed by atoms with Crippen molar-refractivity contribution in [3.05, 3.63) is 17.8 Å². The lowest BCUT2D eigenvalue weighted by Gasteiger charge is -2.17. The van der Waals surface area contributed by atoms with Gasteiger partial charge in [0.25, 0.3) is 0 Å². The minimum absolute atomic E-state index is 0.0513. The van der Waals surface area contributed by atoms with E-state index in [2.05, 4.69) is 10.3 Å². The van der Waals surface area contributed by atoms with Crippen LogP contribution < -0.4 is 10.1 Å². The second kappa shape index (κ2) is 4.51. The van der Waals surface area contributed by atoms with Crippen LogP contribution in [-0.4, -0.2) is 18.0 Å². The van der Waals surface area contributed by atoms with Crippen molar-refractivity contribution in [3.8, 4) is 5.75 Å². The third kappa shape index (κ3) is 2.95. The number of hydrogen-bond donors (Lipinski definition) is 1. The molecule has 16 heavy (non-hydrogen) atoms. The Balaban J connectivity index is 2.84. The fourth-order valence-corrected chi connectivity index (χ4v) is 1.13. The number of pyridine rings is 1. The second-order valence-electron chi connectivity index (χ2n) is 4.74. The summed E-state index contributed by atoms with van der Waals surface area (Å²) >= 11 is 0. The van der Waals surface area contributed by atoms with E-state index in [0.717, 1.165) is 5.56 Å². The van der Waals surface area contributed by atoms with Crippen LogP contribution in [0.3, 0.4) is 0 Å². The van der Waals surface area contributed by atoms with Crippen molar-refractivity contribution in [3.63, 3.8) is 0 Å². The molecule has 4 nitrogen and oxygen atoms in total. The molecule has 0 bridgehead atoms. The van der Waals surface area contributed by atoms with Gasteiger partial charge in [-0.15, -0.1) is 0 Å². The molecule has 1 N–H and O–H groups in total. The molecule has 1 rings (SSSR count). The summed E-state index contributed by atoms with van der Waals surface area (Å²) in [5, 5.41) is 2.77. The lowest BCUT2D eigenvalue weighted by Crippen LogP contribution is -2.28. The summed E-state index contributed by atoms with van der Waals surface area (Å²) in [5.74, 6) is 1.22. The molecule has 88 valence electrons. The van der Waals surface area contributed by atoms with Crippen LogP contribution in [0.2, 0.25) is 0 Å². The Kier molecular flexibility index (Phi) is 3.52. The average Bonchev–Trinajstić information content (AvgIpc) is 2.16. The maximum atomic E-state index is 11.7. The summed E-state index contributed by atoms with van der Waals surface area (Å²) in [6.45, 7) is 7.49. The first-order valence-corrected chi connectivity index (χ1v) is 5.16. The van der Waals surface area contributed by atoms with Gasteiger partial charge in [-0.25, -0.2) is 4.98 Å². The van der Waals surface area contributed by atoms with E-state index in [-0.39, 0.29) is 5.91 Å². The summed E-state index contributed by atoms with van der Waals surface area (Å²) in [4.78, 5) is 15.8. The van der Waals surface area contributed by atoms with Crippen molar-refractivity contribution in [1.29, 1.82) is 0 Å². The number of carbonyl (C=O) groups is 1. The average molecular weight is 222 g/mol. The van der Waals surface area contributed by atoms with E-state index in [4.69, 9.17) is 4.74 Å². The highest BCUT2D eigenvalue weighted by molar-refractivity contribution is 5.93. The number of methoxy groups -OCH3 is 1. The Morgan fingerprint density at radius 3 is 2.50 bits per heavy atom. The number of aryl methyl sites for hydroxylation is 1. The van der Waals surface area contributed by atoms with Crippen LogP contribution in [0.1, 0.15) is 26.3 Å². The zero-order valence-electron chi connectivity index (χ0n) is 10.4. The number of rotatable bonds is 2. The van der Waals surface area contributed by atoms with Crippen LogP contribution in [0.4, 0.5) is 5.82 Å². The van der Waals surface area contributed by atoms with Gasteiger partial charge in [-0.3, -0.25) is 4.79 Å². The van der Waals surface area contributed by atoms with Crippen molar-refractivity contribution in [1.82, 2.24) is 4.98 Å². The highest BCUT2D eigenvalue weighted by atomic mass is 16.5. The Hall–Kier alpha value is -1.58. The lowest BCUT2D eigenvalue weighted by molar-refractivity contribution is -0.123. The van der Waals surface area contributed by atoms with Crippen molar-refractivity contribution in [2.45, 2.75) is 27.7 Å². The quantitative estimate of drug-likeness (QED) is 0.835. The molecule has 0 fully saturated rings. The van der Waals surface area contributed by atoms with Crippen LogP contribution in [0.5, 0.6) is 5.75 Å². The zero-order chi connectivity index (χ0) is 12.3. The highest BCUT2D eigenvalue weighted by Gasteiger charge is 2.21. The summed E-state index contributed by atoms with van der Waals surface area (Å²) < 4.78 is 5.10. The van der Waals surface area contributed by atoms with E-state index in [1.54, 1.807) is 19.4 Å². The number of amides is 1. The Bertz CT molecular complexity index is 394. The lowest BCUT2D eigenvalue weighted by atomic mass is 9.96. The molecule has 0 aliphatic carbocycles. The van der Waals surface area contributed by atoms with Gasteiger partial charge in [0.05, 0.1) is 13.3 Å². The van der Waals surface area contributed by atoms with Crippen LogP contribution >= 0.6 is 0 Å². The molecule has 1 heterocycles. The van der Waals surface area contributed by atoms with Crippen molar-refractivity contribution in [2.24, 2.45) is 5.41 Å². The Morgan fingerprint density at radius 1 is 1.44 bits per heavy atom. The van der Waals surface area contributed by atoms with Gasteiger partial charge < -0.3 is 10.1 Å². The maximum Gasteiger partial charge on any atom is 0.230 e. The Morgan fingerprint density at radius 2 is 2.06 bits per heavy atom. The fraction of sp³-hybridized carbons (Fsp3) is 0.500. The van der Waals surface area contributed by atoms with Gasteiger partial charge in [-0.05, 0) is 18.6 Å². The van der Waals surface area contributed by atoms with Crippen LogP contribution in [0, 0.1) is 12.3 Å². The summed E-state index contributed by atoms with van der Waals surface area (Å²) in [5.41, 5.74) is 0.525. The SMILES string of the molecule is COc1cnc(NC(=O)C(C)(C)C)cc1C. The topological polar surface area (TPSA) is 51.2 Å². The molecule has 0 spiro atoms. The summed E-state index contributed by atoms with van der Waals surface area (Å²) in [6.07, 6.45) is 1.60. The van der Waals surface area contributed by atoms with Crippen molar-refractivity contribution < 1.29 is 9.53 Å². The number of ether oxygens (including phenoxy) is 1. The number of aromatic nitrogens is 1. The van der Waals surface area contributed by atoms with Gasteiger partial charge in [0.2, 0.25) is 5.91 Å². The molecule has 0 atom stereocenters. The molecule has 0 aromatic carbocycles. The van der Waals surface area contributed by atoms with Gasteiger partial charge in [0.15, 0.2) is 0 Å². The molecule has 0 aliphatic rings. The van der Waals surface area contributed by atoms with Crippen molar-refractivity contribution in [2.75, 3.05) is 12.4 Å². The summed E-state index contributed by atoms with van der Waals surface area (Å²) in [7, 11) is 1.59. The van der Waals surface area contributed by atoms with Gasteiger partial charge in [-0.2, -0.15) is 0 Å². The largest absolute Gasteiger partial charge is 0.495 e. The molecule has 4 heteroatoms. The molecule has 1 amide bonds. The molecule has 0 saturated carbocycles. The van der Waals surface area contributed by atoms with E-state index < -0.39 is 5.41 Å². The van der Waals surface area contributed by atoms with Gasteiger partial charge >= 0.3 is 0 Å². The molecule has 0 radical (unpaired) electrons. The number of carbonyl (C=O) groups excluding carboxylic acids is 1. The number of anilines is 1. The maximum absolute atomic E-state index is 11.7. The molecule has 1 aromatic heterocycles. The van der Waals surface area contributed by atoms with Gasteiger partial charge in [0, 0.05) is 5.41 Å². The van der Waals surface area contributed by atoms with E-state index in [1.165, 1.54) is 0 Å². The molecular weight excluding hydrogens is 204 g/mol. The minimum Gasteiger partial charge on any atom is -0.495 e. The summed E-state index contributed by atoms with van der Waals surface area (Å²) in [6, 6.07) is 1.79.